The van der Waals surface area contributed by atoms with Gasteiger partial charge in [0.2, 0.25) is 0 Å². The van der Waals surface area contributed by atoms with Crippen LogP contribution in [0.1, 0.15) is 42.3 Å². The molecule has 0 aromatic heterocycles. The summed E-state index contributed by atoms with van der Waals surface area (Å²) >= 11 is 0. The molecule has 0 unspecified atom stereocenters. The van der Waals surface area contributed by atoms with Gasteiger partial charge in [0.05, 0.1) is 19.1 Å². The number of hydrogen-bond acceptors (Lipinski definition) is 7. The lowest BCUT2D eigenvalue weighted by molar-refractivity contribution is 0.102. The van der Waals surface area contributed by atoms with Crippen LogP contribution >= 0.6 is 0 Å². The minimum Gasteiger partial charge on any atom is -0.497 e. The van der Waals surface area contributed by atoms with Gasteiger partial charge in [-0.05, 0) is 96.3 Å². The van der Waals surface area contributed by atoms with E-state index in [1.54, 1.807) is 43.3 Å². The summed E-state index contributed by atoms with van der Waals surface area (Å²) in [6, 6.07) is 21.9. The van der Waals surface area contributed by atoms with Crippen molar-refractivity contribution in [1.82, 2.24) is 0 Å². The first-order valence-corrected chi connectivity index (χ1v) is 16.5. The Labute approximate surface area is 258 Å². The molecular weight excluding hydrogens is 603 g/mol. The third kappa shape index (κ3) is 7.50. The molecule has 10 nitrogen and oxygen atoms in total. The fourth-order valence-corrected chi connectivity index (χ4v) is 6.88. The Balaban J connectivity index is 1.50. The number of amides is 1. The van der Waals surface area contributed by atoms with E-state index in [0.29, 0.717) is 17.0 Å². The second kappa shape index (κ2) is 12.6. The molecule has 0 radical (unpaired) electrons. The normalized spacial score (nSPS) is 11.9. The highest BCUT2D eigenvalue weighted by molar-refractivity contribution is 7.93. The summed E-state index contributed by atoms with van der Waals surface area (Å²) in [4.78, 5) is 13.0. The standard InChI is InChI=1S/C32H35N3O7S2/c1-21-7-10-23(32(2,3)4)19-29(21)43(37,38)34-24-11-8-22(9-12-24)31(36)33-26-15-18-28(42-6)30(20-26)44(39,40)35-25-13-16-27(41-5)17-14-25/h7-20,34-35H,1-6H3,(H,33,36). The van der Waals surface area contributed by atoms with Gasteiger partial charge in [-0.15, -0.1) is 0 Å². The minimum absolute atomic E-state index is 0.0870. The minimum atomic E-state index is -4.09. The number of anilines is 3. The Morgan fingerprint density at radius 2 is 1.20 bits per heavy atom. The number of rotatable bonds is 10. The first-order chi connectivity index (χ1) is 20.6. The molecule has 0 heterocycles. The van der Waals surface area contributed by atoms with Gasteiger partial charge in [-0.1, -0.05) is 32.9 Å². The number of carbonyl (C=O) groups is 1. The lowest BCUT2D eigenvalue weighted by Gasteiger charge is -2.21. The van der Waals surface area contributed by atoms with E-state index in [0.717, 1.165) is 5.56 Å². The van der Waals surface area contributed by atoms with Crippen molar-refractivity contribution in [3.8, 4) is 11.5 Å². The van der Waals surface area contributed by atoms with Gasteiger partial charge in [-0.3, -0.25) is 14.2 Å². The Morgan fingerprint density at radius 3 is 1.75 bits per heavy atom. The van der Waals surface area contributed by atoms with Crippen LogP contribution in [-0.4, -0.2) is 37.0 Å². The van der Waals surface area contributed by atoms with Gasteiger partial charge in [0.25, 0.3) is 26.0 Å². The Hall–Kier alpha value is -4.55. The molecule has 4 aromatic carbocycles. The Kier molecular flexibility index (Phi) is 9.26. The maximum Gasteiger partial charge on any atom is 0.265 e. The summed E-state index contributed by atoms with van der Waals surface area (Å²) in [6.07, 6.45) is 0. The number of benzene rings is 4. The van der Waals surface area contributed by atoms with E-state index in [4.69, 9.17) is 9.47 Å². The van der Waals surface area contributed by atoms with Gasteiger partial charge in [-0.2, -0.15) is 0 Å². The molecule has 12 heteroatoms. The average Bonchev–Trinajstić information content (AvgIpc) is 2.97. The molecule has 0 saturated carbocycles. The zero-order valence-electron chi connectivity index (χ0n) is 25.3. The molecular formula is C32H35N3O7S2. The summed E-state index contributed by atoms with van der Waals surface area (Å²) in [5, 5.41) is 2.68. The van der Waals surface area contributed by atoms with Crippen LogP contribution in [0.3, 0.4) is 0 Å². The maximum atomic E-state index is 13.2. The van der Waals surface area contributed by atoms with Crippen LogP contribution in [0.2, 0.25) is 0 Å². The molecule has 0 fully saturated rings. The van der Waals surface area contributed by atoms with Crippen molar-refractivity contribution in [2.75, 3.05) is 29.0 Å². The van der Waals surface area contributed by atoms with E-state index in [9.17, 15) is 21.6 Å². The number of hydrogen-bond donors (Lipinski definition) is 3. The molecule has 4 aromatic rings. The molecule has 0 aliphatic carbocycles. The highest BCUT2D eigenvalue weighted by atomic mass is 32.2. The van der Waals surface area contributed by atoms with Crippen LogP contribution in [0, 0.1) is 6.92 Å². The fourth-order valence-electron chi connectivity index (χ4n) is 4.29. The van der Waals surface area contributed by atoms with Crippen molar-refractivity contribution in [1.29, 1.82) is 0 Å². The van der Waals surface area contributed by atoms with Crippen LogP contribution in [0.25, 0.3) is 0 Å². The second-order valence-electron chi connectivity index (χ2n) is 11.1. The lowest BCUT2D eigenvalue weighted by atomic mass is 9.87. The van der Waals surface area contributed by atoms with Gasteiger partial charge in [-0.25, -0.2) is 16.8 Å². The third-order valence-corrected chi connectivity index (χ3v) is 9.72. The molecule has 1 amide bonds. The number of aryl methyl sites for hydroxylation is 1. The molecule has 4 rings (SSSR count). The van der Waals surface area contributed by atoms with E-state index < -0.39 is 26.0 Å². The number of methoxy groups -OCH3 is 2. The van der Waals surface area contributed by atoms with E-state index in [2.05, 4.69) is 14.8 Å². The van der Waals surface area contributed by atoms with Crippen molar-refractivity contribution in [3.63, 3.8) is 0 Å². The monoisotopic (exact) mass is 637 g/mol. The highest BCUT2D eigenvalue weighted by Gasteiger charge is 2.23. The molecule has 0 atom stereocenters. The molecule has 44 heavy (non-hydrogen) atoms. The summed E-state index contributed by atoms with van der Waals surface area (Å²) < 4.78 is 68.2. The van der Waals surface area contributed by atoms with Gasteiger partial charge in [0.15, 0.2) is 0 Å². The molecule has 0 aliphatic heterocycles. The van der Waals surface area contributed by atoms with E-state index >= 15 is 0 Å². The quantitative estimate of drug-likeness (QED) is 0.189. The number of sulfonamides is 2. The lowest BCUT2D eigenvalue weighted by Crippen LogP contribution is -2.18. The Morgan fingerprint density at radius 1 is 0.659 bits per heavy atom. The summed E-state index contributed by atoms with van der Waals surface area (Å²) in [6.45, 7) is 7.77. The van der Waals surface area contributed by atoms with Crippen LogP contribution < -0.4 is 24.2 Å². The van der Waals surface area contributed by atoms with Crippen LogP contribution in [0.5, 0.6) is 11.5 Å². The van der Waals surface area contributed by atoms with Crippen molar-refractivity contribution in [2.24, 2.45) is 0 Å². The summed E-state index contributed by atoms with van der Waals surface area (Å²) in [5.41, 5.74) is 2.32. The van der Waals surface area contributed by atoms with E-state index in [1.807, 2.05) is 26.8 Å². The number of ether oxygens (including phenoxy) is 2. The fraction of sp³-hybridized carbons (Fsp3) is 0.219. The molecule has 0 spiro atoms. The predicted octanol–water partition coefficient (Wildman–Crippen LogP) is 6.16. The zero-order valence-corrected chi connectivity index (χ0v) is 26.9. The molecule has 0 saturated heterocycles. The van der Waals surface area contributed by atoms with Crippen molar-refractivity contribution in [3.05, 3.63) is 102 Å². The van der Waals surface area contributed by atoms with E-state index in [-0.39, 0.29) is 37.9 Å². The first kappa shape index (κ1) is 32.4. The average molecular weight is 638 g/mol. The summed E-state index contributed by atoms with van der Waals surface area (Å²) in [5.74, 6) is 0.135. The van der Waals surface area contributed by atoms with Gasteiger partial charge >= 0.3 is 0 Å². The van der Waals surface area contributed by atoms with Crippen molar-refractivity contribution in [2.45, 2.75) is 42.9 Å². The molecule has 0 aliphatic rings. The second-order valence-corrected chi connectivity index (χ2v) is 14.4. The van der Waals surface area contributed by atoms with E-state index in [1.165, 1.54) is 56.7 Å². The highest BCUT2D eigenvalue weighted by Crippen LogP contribution is 2.30. The van der Waals surface area contributed by atoms with Gasteiger partial charge in [0.1, 0.15) is 16.4 Å². The topological polar surface area (TPSA) is 140 Å². The first-order valence-electron chi connectivity index (χ1n) is 13.5. The van der Waals surface area contributed by atoms with Gasteiger partial charge in [0, 0.05) is 22.6 Å². The number of carbonyl (C=O) groups excluding carboxylic acids is 1. The summed E-state index contributed by atoms with van der Waals surface area (Å²) in [7, 11) is -5.13. The predicted molar refractivity (Wildman–Crippen MR) is 172 cm³/mol. The number of nitrogens with one attached hydrogen (secondary N) is 3. The van der Waals surface area contributed by atoms with Crippen LogP contribution in [-0.2, 0) is 25.5 Å². The van der Waals surface area contributed by atoms with Crippen molar-refractivity contribution >= 4 is 43.0 Å². The smallest absolute Gasteiger partial charge is 0.265 e. The Bertz CT molecular complexity index is 1880. The van der Waals surface area contributed by atoms with Crippen LogP contribution in [0.15, 0.2) is 94.7 Å². The van der Waals surface area contributed by atoms with Crippen molar-refractivity contribution < 1.29 is 31.1 Å². The SMILES string of the molecule is COc1ccc(NS(=O)(=O)c2cc(NC(=O)c3ccc(NS(=O)(=O)c4cc(C(C)(C)C)ccc4C)cc3)ccc2OC)cc1. The zero-order chi connectivity index (χ0) is 32.3. The molecule has 232 valence electrons. The van der Waals surface area contributed by atoms with Crippen LogP contribution in [0.4, 0.5) is 17.1 Å². The molecule has 0 bridgehead atoms. The third-order valence-electron chi connectivity index (χ3n) is 6.80. The largest absolute Gasteiger partial charge is 0.497 e. The van der Waals surface area contributed by atoms with Gasteiger partial charge < -0.3 is 14.8 Å². The maximum absolute atomic E-state index is 13.2. The molecule has 3 N–H and O–H groups in total.